The SMILES string of the molecule is CC1(c2nnc(C3CCCCN3)o2)CCOC1. The summed E-state index contributed by atoms with van der Waals surface area (Å²) in [5, 5.41) is 11.8. The molecule has 5 heteroatoms. The van der Waals surface area contributed by atoms with Crippen molar-refractivity contribution in [3.63, 3.8) is 0 Å². The van der Waals surface area contributed by atoms with Crippen molar-refractivity contribution >= 4 is 0 Å². The predicted molar refractivity (Wildman–Crippen MR) is 61.7 cm³/mol. The van der Waals surface area contributed by atoms with E-state index >= 15 is 0 Å². The van der Waals surface area contributed by atoms with Crippen LogP contribution in [0.4, 0.5) is 0 Å². The van der Waals surface area contributed by atoms with Gasteiger partial charge in [-0.2, -0.15) is 0 Å². The summed E-state index contributed by atoms with van der Waals surface area (Å²) in [5.74, 6) is 1.48. The molecule has 2 saturated heterocycles. The maximum Gasteiger partial charge on any atom is 0.233 e. The third-order valence-electron chi connectivity index (χ3n) is 3.78. The fraction of sp³-hybridized carbons (Fsp3) is 0.833. The lowest BCUT2D eigenvalue weighted by molar-refractivity contribution is 0.171. The van der Waals surface area contributed by atoms with Crippen LogP contribution in [-0.2, 0) is 10.2 Å². The van der Waals surface area contributed by atoms with Gasteiger partial charge in [0.15, 0.2) is 0 Å². The minimum absolute atomic E-state index is 0.0834. The van der Waals surface area contributed by atoms with E-state index in [9.17, 15) is 0 Å². The third kappa shape index (κ3) is 2.09. The first-order valence-electron chi connectivity index (χ1n) is 6.43. The zero-order valence-corrected chi connectivity index (χ0v) is 10.2. The summed E-state index contributed by atoms with van der Waals surface area (Å²) >= 11 is 0. The number of nitrogens with one attached hydrogen (secondary N) is 1. The van der Waals surface area contributed by atoms with Gasteiger partial charge in [0, 0.05) is 6.61 Å². The Morgan fingerprint density at radius 3 is 3.00 bits per heavy atom. The van der Waals surface area contributed by atoms with Crippen molar-refractivity contribution in [1.29, 1.82) is 0 Å². The Hall–Kier alpha value is -0.940. The number of nitrogens with zero attached hydrogens (tertiary/aromatic N) is 2. The minimum Gasteiger partial charge on any atom is -0.423 e. The number of piperidine rings is 1. The van der Waals surface area contributed by atoms with Crippen LogP contribution in [0.2, 0.25) is 0 Å². The molecule has 0 radical (unpaired) electrons. The van der Waals surface area contributed by atoms with E-state index in [4.69, 9.17) is 9.15 Å². The Kier molecular flexibility index (Phi) is 2.88. The predicted octanol–water partition coefficient (Wildman–Crippen LogP) is 1.56. The zero-order valence-electron chi connectivity index (χ0n) is 10.2. The van der Waals surface area contributed by atoms with E-state index in [1.807, 2.05) is 0 Å². The summed E-state index contributed by atoms with van der Waals surface area (Å²) in [6.45, 7) is 4.65. The molecule has 2 atom stereocenters. The van der Waals surface area contributed by atoms with E-state index in [0.717, 1.165) is 37.8 Å². The lowest BCUT2D eigenvalue weighted by Gasteiger charge is -2.20. The molecule has 0 spiro atoms. The highest BCUT2D eigenvalue weighted by molar-refractivity contribution is 5.05. The molecule has 1 N–H and O–H groups in total. The molecule has 94 valence electrons. The van der Waals surface area contributed by atoms with Crippen LogP contribution in [0.1, 0.15) is 50.4 Å². The fourth-order valence-electron chi connectivity index (χ4n) is 2.52. The van der Waals surface area contributed by atoms with Gasteiger partial charge in [0.1, 0.15) is 0 Å². The van der Waals surface area contributed by atoms with Crippen molar-refractivity contribution in [3.8, 4) is 0 Å². The van der Waals surface area contributed by atoms with E-state index in [-0.39, 0.29) is 11.5 Å². The van der Waals surface area contributed by atoms with Crippen LogP contribution in [0, 0.1) is 0 Å². The normalized spacial score (nSPS) is 34.1. The van der Waals surface area contributed by atoms with Crippen LogP contribution < -0.4 is 5.32 Å². The van der Waals surface area contributed by atoms with Crippen LogP contribution in [0.15, 0.2) is 4.42 Å². The number of rotatable bonds is 2. The van der Waals surface area contributed by atoms with Crippen molar-refractivity contribution in [2.75, 3.05) is 19.8 Å². The lowest BCUT2D eigenvalue weighted by Crippen LogP contribution is -2.27. The summed E-state index contributed by atoms with van der Waals surface area (Å²) in [4.78, 5) is 0. The Labute approximate surface area is 101 Å². The molecule has 3 rings (SSSR count). The monoisotopic (exact) mass is 237 g/mol. The summed E-state index contributed by atoms with van der Waals surface area (Å²) in [6, 6.07) is 0.246. The van der Waals surface area contributed by atoms with Gasteiger partial charge in [-0.1, -0.05) is 6.42 Å². The average Bonchev–Trinajstić information content (AvgIpc) is 2.99. The van der Waals surface area contributed by atoms with Gasteiger partial charge in [0.2, 0.25) is 11.8 Å². The number of aromatic nitrogens is 2. The average molecular weight is 237 g/mol. The number of ether oxygens (including phenoxy) is 1. The molecule has 0 aromatic carbocycles. The van der Waals surface area contributed by atoms with E-state index in [0.29, 0.717) is 6.61 Å². The molecule has 1 aromatic rings. The van der Waals surface area contributed by atoms with Gasteiger partial charge in [0.25, 0.3) is 0 Å². The van der Waals surface area contributed by atoms with Crippen molar-refractivity contribution in [2.24, 2.45) is 0 Å². The van der Waals surface area contributed by atoms with Gasteiger partial charge in [-0.3, -0.25) is 0 Å². The van der Waals surface area contributed by atoms with Crippen LogP contribution in [0.3, 0.4) is 0 Å². The van der Waals surface area contributed by atoms with E-state index in [1.165, 1.54) is 12.8 Å². The molecule has 0 amide bonds. The molecular formula is C12H19N3O2. The zero-order chi connectivity index (χ0) is 11.7. The Morgan fingerprint density at radius 2 is 2.29 bits per heavy atom. The Bertz CT molecular complexity index is 379. The van der Waals surface area contributed by atoms with E-state index < -0.39 is 0 Å². The molecular weight excluding hydrogens is 218 g/mol. The molecule has 1 aromatic heterocycles. The second-order valence-corrected chi connectivity index (χ2v) is 5.31. The molecule has 5 nitrogen and oxygen atoms in total. The van der Waals surface area contributed by atoms with E-state index in [1.54, 1.807) is 0 Å². The van der Waals surface area contributed by atoms with Gasteiger partial charge >= 0.3 is 0 Å². The molecule has 0 aliphatic carbocycles. The summed E-state index contributed by atoms with van der Waals surface area (Å²) in [7, 11) is 0. The first-order chi connectivity index (χ1) is 8.28. The van der Waals surface area contributed by atoms with E-state index in [2.05, 4.69) is 22.4 Å². The topological polar surface area (TPSA) is 60.2 Å². The van der Waals surface area contributed by atoms with Crippen LogP contribution >= 0.6 is 0 Å². The summed E-state index contributed by atoms with van der Waals surface area (Å²) < 4.78 is 11.3. The van der Waals surface area contributed by atoms with Gasteiger partial charge in [-0.05, 0) is 32.7 Å². The smallest absolute Gasteiger partial charge is 0.233 e. The maximum absolute atomic E-state index is 5.85. The quantitative estimate of drug-likeness (QED) is 0.846. The molecule has 3 heterocycles. The largest absolute Gasteiger partial charge is 0.423 e. The second kappa shape index (κ2) is 4.38. The molecule has 0 saturated carbocycles. The highest BCUT2D eigenvalue weighted by atomic mass is 16.5. The molecule has 2 unspecified atom stereocenters. The Balaban J connectivity index is 1.77. The molecule has 2 aliphatic heterocycles. The minimum atomic E-state index is -0.0834. The van der Waals surface area contributed by atoms with Gasteiger partial charge < -0.3 is 14.5 Å². The van der Waals surface area contributed by atoms with Crippen molar-refractivity contribution < 1.29 is 9.15 Å². The summed E-state index contributed by atoms with van der Waals surface area (Å²) in [5.41, 5.74) is -0.0834. The highest BCUT2D eigenvalue weighted by Gasteiger charge is 2.37. The molecule has 17 heavy (non-hydrogen) atoms. The molecule has 0 bridgehead atoms. The molecule has 2 fully saturated rings. The van der Waals surface area contributed by atoms with Crippen molar-refractivity contribution in [1.82, 2.24) is 15.5 Å². The van der Waals surface area contributed by atoms with Gasteiger partial charge in [0.05, 0.1) is 18.1 Å². The third-order valence-corrected chi connectivity index (χ3v) is 3.78. The van der Waals surface area contributed by atoms with Crippen molar-refractivity contribution in [3.05, 3.63) is 11.8 Å². The first-order valence-corrected chi connectivity index (χ1v) is 6.43. The number of hydrogen-bond donors (Lipinski definition) is 1. The second-order valence-electron chi connectivity index (χ2n) is 5.31. The van der Waals surface area contributed by atoms with Gasteiger partial charge in [-0.15, -0.1) is 10.2 Å². The Morgan fingerprint density at radius 1 is 1.35 bits per heavy atom. The van der Waals surface area contributed by atoms with Gasteiger partial charge in [-0.25, -0.2) is 0 Å². The highest BCUT2D eigenvalue weighted by Crippen LogP contribution is 2.33. The fourth-order valence-corrected chi connectivity index (χ4v) is 2.52. The lowest BCUT2D eigenvalue weighted by atomic mass is 9.90. The van der Waals surface area contributed by atoms with Crippen LogP contribution in [-0.4, -0.2) is 30.0 Å². The standard InChI is InChI=1S/C12H19N3O2/c1-12(5-7-16-8-12)11-15-14-10(17-11)9-4-2-3-6-13-9/h9,13H,2-8H2,1H3. The first kappa shape index (κ1) is 11.2. The van der Waals surface area contributed by atoms with Crippen LogP contribution in [0.5, 0.6) is 0 Å². The summed E-state index contributed by atoms with van der Waals surface area (Å²) in [6.07, 6.45) is 4.53. The van der Waals surface area contributed by atoms with Crippen molar-refractivity contribution in [2.45, 2.75) is 44.1 Å². The maximum atomic E-state index is 5.85. The van der Waals surface area contributed by atoms with Crippen LogP contribution in [0.25, 0.3) is 0 Å². The molecule has 2 aliphatic rings. The number of hydrogen-bond acceptors (Lipinski definition) is 5.